The molecular formula is C10H13N3O. The van der Waals surface area contributed by atoms with E-state index in [4.69, 9.17) is 5.26 Å². The van der Waals surface area contributed by atoms with E-state index < -0.39 is 0 Å². The Labute approximate surface area is 83.2 Å². The second-order valence-corrected chi connectivity index (χ2v) is 2.98. The summed E-state index contributed by atoms with van der Waals surface area (Å²) in [4.78, 5) is 3.90. The third kappa shape index (κ3) is 2.71. The molecule has 0 spiro atoms. The van der Waals surface area contributed by atoms with Crippen molar-refractivity contribution in [1.29, 1.82) is 5.26 Å². The number of rotatable bonds is 4. The number of nitrogens with one attached hydrogen (secondary N) is 1. The molecular weight excluding hydrogens is 178 g/mol. The summed E-state index contributed by atoms with van der Waals surface area (Å²) >= 11 is 0. The van der Waals surface area contributed by atoms with Crippen LogP contribution < -0.4 is 5.32 Å². The summed E-state index contributed by atoms with van der Waals surface area (Å²) in [6.07, 6.45) is 3.46. The Balaban J connectivity index is 2.63. The van der Waals surface area contributed by atoms with Crippen LogP contribution in [0.4, 0.5) is 5.69 Å². The Morgan fingerprint density at radius 1 is 1.71 bits per heavy atom. The normalized spacial score (nSPS) is 11.8. The molecule has 0 aliphatic rings. The molecule has 0 aliphatic heterocycles. The number of nitrogens with zero attached hydrogens (tertiary/aromatic N) is 2. The first-order valence-corrected chi connectivity index (χ1v) is 4.54. The number of aliphatic hydroxyl groups is 1. The van der Waals surface area contributed by atoms with Gasteiger partial charge in [0.2, 0.25) is 0 Å². The van der Waals surface area contributed by atoms with E-state index in [1.807, 2.05) is 6.92 Å². The van der Waals surface area contributed by atoms with E-state index >= 15 is 0 Å². The molecule has 0 amide bonds. The highest BCUT2D eigenvalue weighted by Gasteiger charge is 2.03. The molecule has 1 atom stereocenters. The van der Waals surface area contributed by atoms with E-state index in [1.54, 1.807) is 18.5 Å². The van der Waals surface area contributed by atoms with Gasteiger partial charge >= 0.3 is 0 Å². The smallest absolute Gasteiger partial charge is 0.101 e. The highest BCUT2D eigenvalue weighted by atomic mass is 16.3. The molecule has 0 fully saturated rings. The third-order valence-corrected chi connectivity index (χ3v) is 1.94. The first-order valence-electron chi connectivity index (χ1n) is 4.54. The lowest BCUT2D eigenvalue weighted by molar-refractivity contribution is 0.183. The standard InChI is InChI=1S/C10H13N3O/c1-2-9(14)6-13-10-7-12-4-3-8(10)5-11/h3-4,7,9,13-14H,2,6H2,1H3/t9-/m0/s1. The van der Waals surface area contributed by atoms with Gasteiger partial charge in [-0.1, -0.05) is 6.92 Å². The van der Waals surface area contributed by atoms with Crippen LogP contribution >= 0.6 is 0 Å². The highest BCUT2D eigenvalue weighted by Crippen LogP contribution is 2.11. The van der Waals surface area contributed by atoms with Crippen molar-refractivity contribution in [3.05, 3.63) is 24.0 Å². The molecule has 4 heteroatoms. The summed E-state index contributed by atoms with van der Waals surface area (Å²) in [6, 6.07) is 3.69. The zero-order chi connectivity index (χ0) is 10.4. The van der Waals surface area contributed by atoms with Crippen LogP contribution in [0.2, 0.25) is 0 Å². The minimum atomic E-state index is -0.387. The number of hydrogen-bond acceptors (Lipinski definition) is 4. The molecule has 0 aromatic carbocycles. The number of nitriles is 1. The number of hydrogen-bond donors (Lipinski definition) is 2. The van der Waals surface area contributed by atoms with Crippen molar-refractivity contribution < 1.29 is 5.11 Å². The highest BCUT2D eigenvalue weighted by molar-refractivity contribution is 5.55. The number of aromatic nitrogens is 1. The maximum absolute atomic E-state index is 9.32. The summed E-state index contributed by atoms with van der Waals surface area (Å²) in [7, 11) is 0. The average molecular weight is 191 g/mol. The Bertz CT molecular complexity index is 332. The SMILES string of the molecule is CC[C@H](O)CNc1cnccc1C#N. The van der Waals surface area contributed by atoms with Crippen molar-refractivity contribution in [2.75, 3.05) is 11.9 Å². The maximum atomic E-state index is 9.32. The zero-order valence-electron chi connectivity index (χ0n) is 8.07. The van der Waals surface area contributed by atoms with Crippen molar-refractivity contribution in [3.8, 4) is 6.07 Å². The van der Waals surface area contributed by atoms with Gasteiger partial charge in [0.1, 0.15) is 6.07 Å². The van der Waals surface area contributed by atoms with Crippen LogP contribution in [0.15, 0.2) is 18.5 Å². The summed E-state index contributed by atoms with van der Waals surface area (Å²) in [6.45, 7) is 2.34. The fourth-order valence-corrected chi connectivity index (χ4v) is 1.00. The second kappa shape index (κ2) is 5.20. The molecule has 2 N–H and O–H groups in total. The van der Waals surface area contributed by atoms with E-state index in [0.29, 0.717) is 24.2 Å². The summed E-state index contributed by atoms with van der Waals surface area (Å²) in [5.74, 6) is 0. The summed E-state index contributed by atoms with van der Waals surface area (Å²) in [5, 5.41) is 21.1. The van der Waals surface area contributed by atoms with Gasteiger partial charge in [0.25, 0.3) is 0 Å². The van der Waals surface area contributed by atoms with Crippen molar-refractivity contribution in [1.82, 2.24) is 4.98 Å². The molecule has 0 saturated carbocycles. The van der Waals surface area contributed by atoms with Gasteiger partial charge in [-0.25, -0.2) is 0 Å². The largest absolute Gasteiger partial charge is 0.391 e. The summed E-state index contributed by atoms with van der Waals surface area (Å²) < 4.78 is 0. The molecule has 1 aromatic heterocycles. The first-order chi connectivity index (χ1) is 6.77. The average Bonchev–Trinajstić information content (AvgIpc) is 2.26. The monoisotopic (exact) mass is 191 g/mol. The molecule has 0 saturated heterocycles. The minimum absolute atomic E-state index is 0.387. The van der Waals surface area contributed by atoms with Gasteiger partial charge in [0.15, 0.2) is 0 Å². The quantitative estimate of drug-likeness (QED) is 0.748. The number of aliphatic hydroxyl groups excluding tert-OH is 1. The van der Waals surface area contributed by atoms with Crippen LogP contribution in [0.5, 0.6) is 0 Å². The van der Waals surface area contributed by atoms with E-state index in [2.05, 4.69) is 16.4 Å². The van der Waals surface area contributed by atoms with Crippen LogP contribution in [0.3, 0.4) is 0 Å². The van der Waals surface area contributed by atoms with Crippen molar-refractivity contribution in [2.45, 2.75) is 19.4 Å². The van der Waals surface area contributed by atoms with Crippen LogP contribution in [-0.4, -0.2) is 22.7 Å². The zero-order valence-corrected chi connectivity index (χ0v) is 8.07. The lowest BCUT2D eigenvalue weighted by Gasteiger charge is -2.10. The second-order valence-electron chi connectivity index (χ2n) is 2.98. The summed E-state index contributed by atoms with van der Waals surface area (Å²) in [5.41, 5.74) is 1.21. The molecule has 0 bridgehead atoms. The molecule has 74 valence electrons. The van der Waals surface area contributed by atoms with Gasteiger partial charge < -0.3 is 10.4 Å². The van der Waals surface area contributed by atoms with Gasteiger partial charge in [0, 0.05) is 12.7 Å². The van der Waals surface area contributed by atoms with Crippen molar-refractivity contribution in [2.24, 2.45) is 0 Å². The fourth-order valence-electron chi connectivity index (χ4n) is 1.00. The lowest BCUT2D eigenvalue weighted by Crippen LogP contribution is -2.18. The van der Waals surface area contributed by atoms with Crippen molar-refractivity contribution >= 4 is 5.69 Å². The third-order valence-electron chi connectivity index (χ3n) is 1.94. The topological polar surface area (TPSA) is 68.9 Å². The van der Waals surface area contributed by atoms with Gasteiger partial charge in [-0.2, -0.15) is 5.26 Å². The molecule has 0 aliphatic carbocycles. The number of anilines is 1. The van der Waals surface area contributed by atoms with E-state index in [1.165, 1.54) is 0 Å². The molecule has 14 heavy (non-hydrogen) atoms. The van der Waals surface area contributed by atoms with Gasteiger partial charge in [-0.3, -0.25) is 4.98 Å². The molecule has 1 aromatic rings. The fraction of sp³-hybridized carbons (Fsp3) is 0.400. The van der Waals surface area contributed by atoms with Gasteiger partial charge in [-0.05, 0) is 12.5 Å². The van der Waals surface area contributed by atoms with Crippen molar-refractivity contribution in [3.63, 3.8) is 0 Å². The molecule has 0 radical (unpaired) electrons. The van der Waals surface area contributed by atoms with Crippen LogP contribution in [0.25, 0.3) is 0 Å². The lowest BCUT2D eigenvalue weighted by atomic mass is 10.2. The van der Waals surface area contributed by atoms with Gasteiger partial charge in [-0.15, -0.1) is 0 Å². The predicted octanol–water partition coefficient (Wildman–Crippen LogP) is 1.14. The molecule has 0 unspecified atom stereocenters. The minimum Gasteiger partial charge on any atom is -0.391 e. The van der Waals surface area contributed by atoms with E-state index in [9.17, 15) is 5.11 Å². The Hall–Kier alpha value is -1.60. The number of pyridine rings is 1. The van der Waals surface area contributed by atoms with Crippen LogP contribution in [0, 0.1) is 11.3 Å². The molecule has 4 nitrogen and oxygen atoms in total. The van der Waals surface area contributed by atoms with Gasteiger partial charge in [0.05, 0.1) is 23.6 Å². The van der Waals surface area contributed by atoms with E-state index in [-0.39, 0.29) is 6.10 Å². The Morgan fingerprint density at radius 2 is 2.50 bits per heavy atom. The molecule has 1 rings (SSSR count). The molecule has 1 heterocycles. The van der Waals surface area contributed by atoms with E-state index in [0.717, 1.165) is 0 Å². The predicted molar refractivity (Wildman–Crippen MR) is 53.7 cm³/mol. The maximum Gasteiger partial charge on any atom is 0.101 e. The Morgan fingerprint density at radius 3 is 3.14 bits per heavy atom. The Kier molecular flexibility index (Phi) is 3.89. The van der Waals surface area contributed by atoms with Crippen LogP contribution in [-0.2, 0) is 0 Å². The van der Waals surface area contributed by atoms with Crippen LogP contribution in [0.1, 0.15) is 18.9 Å². The first kappa shape index (κ1) is 10.5.